The van der Waals surface area contributed by atoms with Gasteiger partial charge in [-0.1, -0.05) is 13.0 Å². The Balaban J connectivity index is 2.05. The number of aliphatic hydroxyl groups excluding tert-OH is 1. The minimum absolute atomic E-state index is 0.139. The van der Waals surface area contributed by atoms with Crippen molar-refractivity contribution >= 4 is 11.6 Å². The Morgan fingerprint density at radius 2 is 2.03 bits per heavy atom. The molecule has 7 nitrogen and oxygen atoms in total. The maximum atomic E-state index is 14.4. The minimum Gasteiger partial charge on any atom is -0.493 e. The fraction of sp³-hybridized carbons (Fsp3) is 0.455. The van der Waals surface area contributed by atoms with Gasteiger partial charge in [0.25, 0.3) is 5.91 Å². The highest BCUT2D eigenvalue weighted by Gasteiger charge is 2.65. The Morgan fingerprint density at radius 1 is 1.35 bits per heavy atom. The van der Waals surface area contributed by atoms with E-state index >= 15 is 0 Å². The number of ether oxygens (including phenoxy) is 2. The zero-order valence-corrected chi connectivity index (χ0v) is 18.5. The summed E-state index contributed by atoms with van der Waals surface area (Å²) in [6, 6.07) is 3.72. The van der Waals surface area contributed by atoms with Crippen LogP contribution in [0.25, 0.3) is 0 Å². The molecule has 4 N–H and O–H groups in total. The van der Waals surface area contributed by atoms with Crippen molar-refractivity contribution in [1.82, 2.24) is 4.98 Å². The van der Waals surface area contributed by atoms with Crippen molar-refractivity contribution < 1.29 is 41.3 Å². The number of pyridine rings is 1. The quantitative estimate of drug-likeness (QED) is 0.537. The largest absolute Gasteiger partial charge is 0.493 e. The fourth-order valence-electron chi connectivity index (χ4n) is 4.08. The molecule has 0 radical (unpaired) electrons. The average Bonchev–Trinajstić information content (AvgIpc) is 3.07. The number of hydrogen-bond donors (Lipinski definition) is 3. The lowest BCUT2D eigenvalue weighted by molar-refractivity contribution is -0.272. The number of carbonyl (C=O) groups excluding carboxylic acids is 1. The Kier molecular flexibility index (Phi) is 7.15. The smallest absolute Gasteiger partial charge is 0.417 e. The Bertz CT molecular complexity index is 1070. The van der Waals surface area contributed by atoms with Crippen molar-refractivity contribution in [2.45, 2.75) is 43.7 Å². The number of rotatable bonds is 6. The first-order chi connectivity index (χ1) is 15.9. The summed E-state index contributed by atoms with van der Waals surface area (Å²) < 4.78 is 80.4. The molecule has 3 rings (SSSR count). The van der Waals surface area contributed by atoms with Crippen LogP contribution in [0.3, 0.4) is 0 Å². The molecule has 1 aliphatic rings. The fourth-order valence-corrected chi connectivity index (χ4v) is 4.08. The van der Waals surface area contributed by atoms with Crippen molar-refractivity contribution in [3.05, 3.63) is 53.4 Å². The second kappa shape index (κ2) is 9.43. The number of amides is 1. The van der Waals surface area contributed by atoms with E-state index in [0.717, 1.165) is 26.2 Å². The highest BCUT2D eigenvalue weighted by molar-refractivity contribution is 5.95. The number of hydrogen-bond acceptors (Lipinski definition) is 6. The molecule has 2 aromatic rings. The number of nitrogens with one attached hydrogen (secondary N) is 1. The summed E-state index contributed by atoms with van der Waals surface area (Å²) in [5.41, 5.74) is 3.20. The Hall–Kier alpha value is -2.83. The number of halogens is 5. The molecular weight excluding hydrogens is 465 g/mol. The van der Waals surface area contributed by atoms with Gasteiger partial charge in [0.2, 0.25) is 5.82 Å². The molecule has 1 fully saturated rings. The van der Waals surface area contributed by atoms with E-state index < -0.39 is 65.7 Å². The Morgan fingerprint density at radius 3 is 2.62 bits per heavy atom. The van der Waals surface area contributed by atoms with E-state index in [-0.39, 0.29) is 16.9 Å². The molecule has 0 saturated carbocycles. The molecule has 1 aromatic carbocycles. The van der Waals surface area contributed by atoms with Crippen LogP contribution in [0.15, 0.2) is 30.5 Å². The first kappa shape index (κ1) is 25.8. The summed E-state index contributed by atoms with van der Waals surface area (Å²) in [6.45, 7) is 1.60. The van der Waals surface area contributed by atoms with Gasteiger partial charge in [-0.3, -0.25) is 9.78 Å². The maximum Gasteiger partial charge on any atom is 0.417 e. The third kappa shape index (κ3) is 4.44. The van der Waals surface area contributed by atoms with Gasteiger partial charge in [-0.25, -0.2) is 4.39 Å². The first-order valence-corrected chi connectivity index (χ1v) is 10.2. The lowest BCUT2D eigenvalue weighted by Gasteiger charge is -2.32. The van der Waals surface area contributed by atoms with Gasteiger partial charge in [-0.2, -0.15) is 17.6 Å². The number of aliphatic hydroxyl groups is 1. The third-order valence-corrected chi connectivity index (χ3v) is 6.20. The topological polar surface area (TPSA) is 107 Å². The average molecular weight is 489 g/mol. The van der Waals surface area contributed by atoms with E-state index in [2.05, 4.69) is 10.3 Å². The highest BCUT2D eigenvalue weighted by Crippen LogP contribution is 2.55. The van der Waals surface area contributed by atoms with Crippen molar-refractivity contribution in [3.63, 3.8) is 0 Å². The number of aromatic nitrogens is 1. The van der Waals surface area contributed by atoms with E-state index in [4.69, 9.17) is 15.2 Å². The number of benzene rings is 1. The molecule has 1 aliphatic heterocycles. The van der Waals surface area contributed by atoms with E-state index in [1.807, 2.05) is 0 Å². The molecule has 0 unspecified atom stereocenters. The van der Waals surface area contributed by atoms with Crippen LogP contribution in [-0.2, 0) is 9.53 Å². The van der Waals surface area contributed by atoms with Crippen molar-refractivity contribution in [3.8, 4) is 5.75 Å². The highest BCUT2D eigenvalue weighted by atomic mass is 19.4. The standard InChI is InChI=1S/C22H24F5N3O4/c1-10-16(12-4-5-13(23)17(24)18(12)33-3)19(34-21(10,2)22(25,26)27)20(32)30-11-6-7-29-15(8-11)14(28)9-31/h4-8,10,14,16,19,31H,9,28H2,1-3H3,(H,29,30,32)/t10-,14+,16-,19+,21+/m1/s1. The van der Waals surface area contributed by atoms with E-state index in [1.54, 1.807) is 0 Å². The zero-order valence-electron chi connectivity index (χ0n) is 18.5. The predicted molar refractivity (Wildman–Crippen MR) is 111 cm³/mol. The third-order valence-electron chi connectivity index (χ3n) is 6.20. The molecule has 186 valence electrons. The molecule has 0 spiro atoms. The van der Waals surface area contributed by atoms with Crippen LogP contribution in [0.5, 0.6) is 5.75 Å². The number of nitrogens with two attached hydrogens (primary N) is 1. The van der Waals surface area contributed by atoms with Crippen LogP contribution in [0.1, 0.15) is 37.1 Å². The van der Waals surface area contributed by atoms with Crippen LogP contribution in [0.2, 0.25) is 0 Å². The number of carbonyl (C=O) groups is 1. The van der Waals surface area contributed by atoms with Crippen LogP contribution in [0, 0.1) is 17.6 Å². The molecule has 1 saturated heterocycles. The van der Waals surface area contributed by atoms with E-state index in [9.17, 15) is 31.9 Å². The maximum absolute atomic E-state index is 14.4. The van der Waals surface area contributed by atoms with Gasteiger partial charge in [-0.15, -0.1) is 0 Å². The summed E-state index contributed by atoms with van der Waals surface area (Å²) in [5.74, 6) is -6.91. The summed E-state index contributed by atoms with van der Waals surface area (Å²) in [6.07, 6.45) is -5.30. The molecule has 34 heavy (non-hydrogen) atoms. The molecule has 5 atom stereocenters. The predicted octanol–water partition coefficient (Wildman–Crippen LogP) is 3.44. The van der Waals surface area contributed by atoms with E-state index in [1.165, 1.54) is 25.3 Å². The Labute approximate surface area is 192 Å². The van der Waals surface area contributed by atoms with Crippen LogP contribution in [-0.4, -0.2) is 47.6 Å². The molecular formula is C22H24F5N3O4. The monoisotopic (exact) mass is 489 g/mol. The summed E-state index contributed by atoms with van der Waals surface area (Å²) in [7, 11) is 1.04. The van der Waals surface area contributed by atoms with Crippen molar-refractivity contribution in [1.29, 1.82) is 0 Å². The minimum atomic E-state index is -4.87. The molecule has 2 heterocycles. The summed E-state index contributed by atoms with van der Waals surface area (Å²) in [5, 5.41) is 11.7. The van der Waals surface area contributed by atoms with Crippen molar-refractivity contribution in [2.24, 2.45) is 11.7 Å². The van der Waals surface area contributed by atoms with Gasteiger partial charge in [-0.05, 0) is 25.1 Å². The van der Waals surface area contributed by atoms with E-state index in [0.29, 0.717) is 0 Å². The second-order valence-electron chi connectivity index (χ2n) is 8.19. The van der Waals surface area contributed by atoms with Gasteiger partial charge >= 0.3 is 6.18 Å². The zero-order chi connectivity index (χ0) is 25.4. The molecule has 0 aliphatic carbocycles. The van der Waals surface area contributed by atoms with Crippen molar-refractivity contribution in [2.75, 3.05) is 19.0 Å². The number of anilines is 1. The van der Waals surface area contributed by atoms with Gasteiger partial charge in [0.1, 0.15) is 6.10 Å². The van der Waals surface area contributed by atoms with Crippen LogP contribution < -0.4 is 15.8 Å². The molecule has 0 bridgehead atoms. The lowest BCUT2D eigenvalue weighted by atomic mass is 9.77. The molecule has 1 aromatic heterocycles. The number of methoxy groups -OCH3 is 1. The van der Waals surface area contributed by atoms with Gasteiger partial charge in [0, 0.05) is 29.3 Å². The summed E-state index contributed by atoms with van der Waals surface area (Å²) >= 11 is 0. The van der Waals surface area contributed by atoms with Gasteiger partial charge in [0.05, 0.1) is 25.5 Å². The number of alkyl halides is 3. The van der Waals surface area contributed by atoms with Gasteiger partial charge < -0.3 is 25.6 Å². The molecule has 12 heteroatoms. The normalized spacial score (nSPS) is 25.8. The lowest BCUT2D eigenvalue weighted by Crippen LogP contribution is -2.47. The van der Waals surface area contributed by atoms with Gasteiger partial charge in [0.15, 0.2) is 17.2 Å². The summed E-state index contributed by atoms with van der Waals surface area (Å²) in [4.78, 5) is 17.1. The second-order valence-corrected chi connectivity index (χ2v) is 8.19. The molecule has 1 amide bonds. The number of nitrogens with zero attached hydrogens (tertiary/aromatic N) is 1. The SMILES string of the molecule is COc1c([C@@H]2[C@@H](C(=O)Nc3ccnc([C@@H](N)CO)c3)O[C@](C)(C(F)(F)F)[C@@H]2C)ccc(F)c1F. The van der Waals surface area contributed by atoms with Crippen LogP contribution in [0.4, 0.5) is 27.6 Å². The van der Waals surface area contributed by atoms with Crippen LogP contribution >= 0.6 is 0 Å². The first-order valence-electron chi connectivity index (χ1n) is 10.2.